The van der Waals surface area contributed by atoms with Crippen LogP contribution in [-0.4, -0.2) is 49.9 Å². The van der Waals surface area contributed by atoms with Crippen LogP contribution in [-0.2, 0) is 15.9 Å². The third-order valence-corrected chi connectivity index (χ3v) is 7.82. The Labute approximate surface area is 208 Å². The van der Waals surface area contributed by atoms with E-state index in [1.807, 2.05) is 13.0 Å². The van der Waals surface area contributed by atoms with Crippen LogP contribution in [0.4, 0.5) is 0 Å². The highest BCUT2D eigenvalue weighted by molar-refractivity contribution is 6.03. The van der Waals surface area contributed by atoms with Gasteiger partial charge in [-0.15, -0.1) is 0 Å². The molecule has 6 atom stereocenters. The number of hydrogen-bond acceptors (Lipinski definition) is 7. The van der Waals surface area contributed by atoms with E-state index >= 15 is 0 Å². The van der Waals surface area contributed by atoms with Crippen LogP contribution < -0.4 is 0 Å². The van der Waals surface area contributed by atoms with Crippen molar-refractivity contribution in [3.8, 4) is 5.75 Å². The molecule has 0 radical (unpaired) electrons. The van der Waals surface area contributed by atoms with Crippen LogP contribution in [0, 0.1) is 17.8 Å². The monoisotopic (exact) mass is 496 g/mol. The number of aromatic carboxylic acids is 1. The number of aromatic amines is 1. The SMILES string of the molecule is CC(C(=O)c1ccc[nH]1)C1OC2(CC[C@H]1C)CC[C@@H](C)[C@@H](Cc1nc3c(C(=O)O)c(O)ccc3o1)O2. The number of nitrogens with zero attached hydrogens (tertiary/aromatic N) is 1. The quantitative estimate of drug-likeness (QED) is 0.408. The Kier molecular flexibility index (Phi) is 6.38. The van der Waals surface area contributed by atoms with E-state index in [-0.39, 0.29) is 52.6 Å². The molecule has 3 aromatic rings. The Morgan fingerprint density at radius 1 is 1.17 bits per heavy atom. The molecule has 2 aliphatic heterocycles. The highest BCUT2D eigenvalue weighted by Crippen LogP contribution is 2.45. The Morgan fingerprint density at radius 2 is 1.92 bits per heavy atom. The van der Waals surface area contributed by atoms with Crippen molar-refractivity contribution in [3.05, 3.63) is 47.6 Å². The first kappa shape index (κ1) is 24.5. The molecule has 1 spiro atoms. The van der Waals surface area contributed by atoms with Crippen molar-refractivity contribution in [1.29, 1.82) is 0 Å². The summed E-state index contributed by atoms with van der Waals surface area (Å²) in [5, 5.41) is 19.5. The summed E-state index contributed by atoms with van der Waals surface area (Å²) in [5.74, 6) is -1.93. The van der Waals surface area contributed by atoms with Gasteiger partial charge < -0.3 is 29.1 Å². The van der Waals surface area contributed by atoms with Crippen molar-refractivity contribution in [3.63, 3.8) is 0 Å². The van der Waals surface area contributed by atoms with Gasteiger partial charge in [-0.25, -0.2) is 9.78 Å². The number of rotatable bonds is 6. The average Bonchev–Trinajstić information content (AvgIpc) is 3.52. The molecule has 1 aromatic carbocycles. The molecule has 2 fully saturated rings. The predicted octanol–water partition coefficient (Wildman–Crippen LogP) is 4.95. The topological polar surface area (TPSA) is 135 Å². The summed E-state index contributed by atoms with van der Waals surface area (Å²) < 4.78 is 19.1. The summed E-state index contributed by atoms with van der Waals surface area (Å²) in [6, 6.07) is 6.41. The lowest BCUT2D eigenvalue weighted by Crippen LogP contribution is -2.54. The maximum absolute atomic E-state index is 13.0. The van der Waals surface area contributed by atoms with Gasteiger partial charge in [0.15, 0.2) is 23.0 Å². The summed E-state index contributed by atoms with van der Waals surface area (Å²) in [6.07, 6.45) is 4.81. The molecular weight excluding hydrogens is 464 g/mol. The van der Waals surface area contributed by atoms with E-state index in [1.165, 1.54) is 12.1 Å². The van der Waals surface area contributed by atoms with E-state index in [0.29, 0.717) is 23.6 Å². The fourth-order valence-corrected chi connectivity index (χ4v) is 5.61. The Balaban J connectivity index is 1.35. The van der Waals surface area contributed by atoms with Gasteiger partial charge in [0.05, 0.1) is 24.3 Å². The van der Waals surface area contributed by atoms with Crippen LogP contribution in [0.2, 0.25) is 0 Å². The number of carboxylic acids is 1. The Bertz CT molecular complexity index is 1260. The minimum Gasteiger partial charge on any atom is -0.507 e. The molecule has 2 saturated heterocycles. The zero-order valence-corrected chi connectivity index (χ0v) is 20.7. The van der Waals surface area contributed by atoms with Crippen LogP contribution in [0.25, 0.3) is 11.1 Å². The largest absolute Gasteiger partial charge is 0.507 e. The van der Waals surface area contributed by atoms with E-state index < -0.39 is 11.8 Å². The first-order chi connectivity index (χ1) is 17.2. The first-order valence-electron chi connectivity index (χ1n) is 12.6. The molecule has 0 saturated carbocycles. The zero-order valence-electron chi connectivity index (χ0n) is 20.7. The smallest absolute Gasteiger partial charge is 0.341 e. The molecule has 2 aliphatic rings. The standard InChI is InChI=1S/C27H32N2O7/c1-14-8-10-27(11-9-15(2)25(36-27)16(3)24(31)17-5-4-12-28-17)35-20(14)13-21-29-23-19(34-21)7-6-18(30)22(23)26(32)33/h4-7,12,14-16,20,25,28,30H,8-11,13H2,1-3H3,(H,32,33)/t14-,15-,16?,20-,25?,27?/m1/s1. The van der Waals surface area contributed by atoms with E-state index in [2.05, 4.69) is 23.8 Å². The number of carbonyl (C=O) groups is 2. The van der Waals surface area contributed by atoms with Crippen LogP contribution in [0.15, 0.2) is 34.9 Å². The van der Waals surface area contributed by atoms with Gasteiger partial charge in [0.25, 0.3) is 0 Å². The van der Waals surface area contributed by atoms with Crippen LogP contribution >= 0.6 is 0 Å². The number of nitrogens with one attached hydrogen (secondary N) is 1. The number of H-pyrrole nitrogens is 1. The number of hydrogen-bond donors (Lipinski definition) is 3. The molecule has 5 rings (SSSR count). The second-order valence-electron chi connectivity index (χ2n) is 10.3. The molecule has 192 valence electrons. The van der Waals surface area contributed by atoms with Crippen LogP contribution in [0.1, 0.15) is 73.2 Å². The molecule has 36 heavy (non-hydrogen) atoms. The molecule has 9 nitrogen and oxygen atoms in total. The van der Waals surface area contributed by atoms with Crippen molar-refractivity contribution in [2.45, 2.75) is 70.9 Å². The van der Waals surface area contributed by atoms with Crippen LogP contribution in [0.3, 0.4) is 0 Å². The van der Waals surface area contributed by atoms with Crippen molar-refractivity contribution >= 4 is 22.9 Å². The zero-order chi connectivity index (χ0) is 25.6. The highest BCUT2D eigenvalue weighted by atomic mass is 16.7. The van der Waals surface area contributed by atoms with Crippen LogP contribution in [0.5, 0.6) is 5.75 Å². The number of Topliss-reactive ketones (excluding diaryl/α,β-unsaturated/α-hetero) is 1. The van der Waals surface area contributed by atoms with Gasteiger partial charge in [0, 0.05) is 25.0 Å². The molecule has 9 heteroatoms. The fraction of sp³-hybridized carbons (Fsp3) is 0.519. The van der Waals surface area contributed by atoms with Gasteiger partial charge in [-0.05, 0) is 48.9 Å². The van der Waals surface area contributed by atoms with Gasteiger partial charge in [-0.2, -0.15) is 0 Å². The molecule has 3 N–H and O–H groups in total. The second kappa shape index (κ2) is 9.37. The van der Waals surface area contributed by atoms with E-state index in [1.54, 1.807) is 12.3 Å². The third-order valence-electron chi connectivity index (χ3n) is 7.82. The van der Waals surface area contributed by atoms with Crippen molar-refractivity contribution < 1.29 is 33.7 Å². The van der Waals surface area contributed by atoms with Crippen molar-refractivity contribution in [1.82, 2.24) is 9.97 Å². The van der Waals surface area contributed by atoms with Gasteiger partial charge >= 0.3 is 5.97 Å². The number of ether oxygens (including phenoxy) is 2. The lowest BCUT2D eigenvalue weighted by Gasteiger charge is -2.50. The fourth-order valence-electron chi connectivity index (χ4n) is 5.61. The number of carboxylic acid groups (broad SMARTS) is 1. The molecule has 0 amide bonds. The van der Waals surface area contributed by atoms with E-state index in [4.69, 9.17) is 13.9 Å². The normalized spacial score (nSPS) is 29.4. The predicted molar refractivity (Wildman–Crippen MR) is 130 cm³/mol. The number of carbonyl (C=O) groups excluding carboxylic acids is 1. The number of oxazole rings is 1. The third kappa shape index (κ3) is 4.41. The minimum absolute atomic E-state index is 0.0265. The molecule has 2 aromatic heterocycles. The summed E-state index contributed by atoms with van der Waals surface area (Å²) in [7, 11) is 0. The molecule has 0 bridgehead atoms. The Hall–Kier alpha value is -3.17. The first-order valence-corrected chi connectivity index (χ1v) is 12.6. The van der Waals surface area contributed by atoms with Crippen molar-refractivity contribution in [2.24, 2.45) is 17.8 Å². The van der Waals surface area contributed by atoms with E-state index in [9.17, 15) is 19.8 Å². The van der Waals surface area contributed by atoms with E-state index in [0.717, 1.165) is 25.7 Å². The molecular formula is C27H32N2O7. The number of aromatic nitrogens is 2. The van der Waals surface area contributed by atoms with Gasteiger partial charge in [0.1, 0.15) is 16.8 Å². The molecule has 4 heterocycles. The summed E-state index contributed by atoms with van der Waals surface area (Å²) >= 11 is 0. The number of phenols is 1. The van der Waals surface area contributed by atoms with Gasteiger partial charge in [-0.3, -0.25) is 4.79 Å². The summed E-state index contributed by atoms with van der Waals surface area (Å²) in [5.41, 5.74) is 0.731. The maximum atomic E-state index is 13.0. The number of aromatic hydroxyl groups is 1. The lowest BCUT2D eigenvalue weighted by atomic mass is 9.80. The number of fused-ring (bicyclic) bond motifs is 1. The van der Waals surface area contributed by atoms with Gasteiger partial charge in [0.2, 0.25) is 0 Å². The molecule has 3 unspecified atom stereocenters. The maximum Gasteiger partial charge on any atom is 0.341 e. The number of benzene rings is 1. The van der Waals surface area contributed by atoms with Gasteiger partial charge in [-0.1, -0.05) is 20.8 Å². The average molecular weight is 497 g/mol. The Morgan fingerprint density at radius 3 is 2.61 bits per heavy atom. The summed E-state index contributed by atoms with van der Waals surface area (Å²) in [6.45, 7) is 6.14. The summed E-state index contributed by atoms with van der Waals surface area (Å²) in [4.78, 5) is 32.0. The number of ketones is 1. The lowest BCUT2D eigenvalue weighted by molar-refractivity contribution is -0.334. The minimum atomic E-state index is -1.27. The highest BCUT2D eigenvalue weighted by Gasteiger charge is 2.49. The second-order valence-corrected chi connectivity index (χ2v) is 10.3. The molecule has 0 aliphatic carbocycles. The van der Waals surface area contributed by atoms with Crippen molar-refractivity contribution in [2.75, 3.05) is 0 Å².